The van der Waals surface area contributed by atoms with Gasteiger partial charge in [-0.3, -0.25) is 9.48 Å². The van der Waals surface area contributed by atoms with Crippen LogP contribution in [0.5, 0.6) is 0 Å². The fourth-order valence-corrected chi connectivity index (χ4v) is 2.74. The molecule has 20 heavy (non-hydrogen) atoms. The number of nitrogens with zero attached hydrogens (tertiary/aromatic N) is 2. The van der Waals surface area contributed by atoms with Gasteiger partial charge < -0.3 is 0 Å². The molecule has 1 aliphatic rings. The van der Waals surface area contributed by atoms with Crippen LogP contribution in [0.3, 0.4) is 0 Å². The Morgan fingerprint density at radius 3 is 2.90 bits per heavy atom. The van der Waals surface area contributed by atoms with Crippen LogP contribution in [0, 0.1) is 11.7 Å². The van der Waals surface area contributed by atoms with E-state index in [1.54, 1.807) is 23.0 Å². The molecule has 5 heteroatoms. The summed E-state index contributed by atoms with van der Waals surface area (Å²) in [5.41, 5.74) is 1.18. The first-order valence-corrected chi connectivity index (χ1v) is 7.39. The van der Waals surface area contributed by atoms with Crippen LogP contribution in [0.25, 0.3) is 11.3 Å². The van der Waals surface area contributed by atoms with Crippen molar-refractivity contribution in [3.8, 4) is 11.3 Å². The molecule has 1 saturated carbocycles. The molecule has 1 aromatic carbocycles. The lowest BCUT2D eigenvalue weighted by molar-refractivity contribution is 0.112. The molecule has 3 nitrogen and oxygen atoms in total. The van der Waals surface area contributed by atoms with Crippen molar-refractivity contribution in [2.24, 2.45) is 5.92 Å². The molecule has 1 fully saturated rings. The van der Waals surface area contributed by atoms with E-state index in [1.165, 1.54) is 18.9 Å². The van der Waals surface area contributed by atoms with Gasteiger partial charge in [0.1, 0.15) is 11.5 Å². The maximum absolute atomic E-state index is 14.0. The van der Waals surface area contributed by atoms with Gasteiger partial charge in [0.05, 0.1) is 11.6 Å². The summed E-state index contributed by atoms with van der Waals surface area (Å²) < 4.78 is 16.5. The zero-order valence-electron chi connectivity index (χ0n) is 11.0. The number of hydrogen-bond acceptors (Lipinski definition) is 2. The van der Waals surface area contributed by atoms with Gasteiger partial charge in [-0.05, 0) is 43.9 Å². The molecule has 1 heterocycles. The third kappa shape index (κ3) is 2.42. The van der Waals surface area contributed by atoms with E-state index >= 15 is 0 Å². The van der Waals surface area contributed by atoms with Crippen LogP contribution < -0.4 is 0 Å². The van der Waals surface area contributed by atoms with Gasteiger partial charge in [0, 0.05) is 16.2 Å². The number of carbonyl (C=O) groups is 1. The predicted octanol–water partition coefficient (Wildman–Crippen LogP) is 4.24. The summed E-state index contributed by atoms with van der Waals surface area (Å²) in [6.07, 6.45) is 4.83. The molecular weight excluding hydrogens is 323 g/mol. The Morgan fingerprint density at radius 1 is 1.50 bits per heavy atom. The molecule has 0 N–H and O–H groups in total. The van der Waals surface area contributed by atoms with E-state index in [2.05, 4.69) is 28.0 Å². The smallest absolute Gasteiger partial charge is 0.153 e. The van der Waals surface area contributed by atoms with Crippen LogP contribution in [-0.4, -0.2) is 16.1 Å². The van der Waals surface area contributed by atoms with Crippen molar-refractivity contribution in [2.45, 2.75) is 25.8 Å². The monoisotopic (exact) mass is 336 g/mol. The Kier molecular flexibility index (Phi) is 3.46. The predicted molar refractivity (Wildman–Crippen MR) is 78.1 cm³/mol. The number of aromatic nitrogens is 2. The highest BCUT2D eigenvalue weighted by atomic mass is 79.9. The molecule has 2 aromatic rings. The van der Waals surface area contributed by atoms with Crippen LogP contribution >= 0.6 is 15.9 Å². The van der Waals surface area contributed by atoms with Gasteiger partial charge in [-0.25, -0.2) is 4.39 Å². The number of aldehydes is 1. The van der Waals surface area contributed by atoms with Crippen LogP contribution in [0.15, 0.2) is 28.9 Å². The number of halogens is 2. The van der Waals surface area contributed by atoms with Gasteiger partial charge in [-0.2, -0.15) is 5.10 Å². The van der Waals surface area contributed by atoms with Crippen LogP contribution in [0.2, 0.25) is 0 Å². The van der Waals surface area contributed by atoms with Gasteiger partial charge in [0.15, 0.2) is 6.29 Å². The fourth-order valence-electron chi connectivity index (χ4n) is 2.38. The number of hydrogen-bond donors (Lipinski definition) is 0. The maximum Gasteiger partial charge on any atom is 0.153 e. The zero-order chi connectivity index (χ0) is 14.3. The van der Waals surface area contributed by atoms with Crippen molar-refractivity contribution >= 4 is 22.2 Å². The van der Waals surface area contributed by atoms with E-state index in [4.69, 9.17) is 0 Å². The summed E-state index contributed by atoms with van der Waals surface area (Å²) in [5.74, 6) is 0.246. The van der Waals surface area contributed by atoms with Crippen LogP contribution in [0.1, 0.15) is 36.2 Å². The van der Waals surface area contributed by atoms with E-state index in [0.29, 0.717) is 22.7 Å². The molecule has 1 atom stereocenters. The largest absolute Gasteiger partial charge is 0.298 e. The summed E-state index contributed by atoms with van der Waals surface area (Å²) in [4.78, 5) is 11.2. The summed E-state index contributed by atoms with van der Waals surface area (Å²) in [7, 11) is 0. The average molecular weight is 337 g/mol. The Balaban J connectivity index is 2.07. The first kappa shape index (κ1) is 13.5. The minimum Gasteiger partial charge on any atom is -0.298 e. The van der Waals surface area contributed by atoms with Crippen molar-refractivity contribution in [1.82, 2.24) is 9.78 Å². The Labute approximate surface area is 124 Å². The molecule has 3 rings (SSSR count). The normalized spacial score (nSPS) is 16.1. The van der Waals surface area contributed by atoms with Crippen molar-refractivity contribution < 1.29 is 9.18 Å². The third-order valence-corrected chi connectivity index (χ3v) is 4.29. The highest BCUT2D eigenvalue weighted by molar-refractivity contribution is 9.10. The van der Waals surface area contributed by atoms with Gasteiger partial charge in [-0.1, -0.05) is 15.9 Å². The Hall–Kier alpha value is -1.49. The number of benzene rings is 1. The van der Waals surface area contributed by atoms with Crippen LogP contribution in [0.4, 0.5) is 4.39 Å². The number of carbonyl (C=O) groups excluding carboxylic acids is 1. The lowest BCUT2D eigenvalue weighted by atomic mass is 10.1. The SMILES string of the molecule is CC(C1CC1)n1cc(C=O)c(-c2cc(Br)ccc2F)n1. The molecule has 0 spiro atoms. The molecule has 0 amide bonds. The number of rotatable bonds is 4. The van der Waals surface area contributed by atoms with Gasteiger partial charge in [0.2, 0.25) is 0 Å². The first-order chi connectivity index (χ1) is 9.60. The Bertz CT molecular complexity index is 664. The minimum atomic E-state index is -0.374. The second-order valence-corrected chi connectivity index (χ2v) is 6.15. The summed E-state index contributed by atoms with van der Waals surface area (Å²) in [6, 6.07) is 4.90. The molecule has 104 valence electrons. The third-order valence-electron chi connectivity index (χ3n) is 3.79. The van der Waals surface area contributed by atoms with E-state index in [-0.39, 0.29) is 11.9 Å². The highest BCUT2D eigenvalue weighted by Crippen LogP contribution is 2.40. The second kappa shape index (κ2) is 5.13. The van der Waals surface area contributed by atoms with E-state index in [0.717, 1.165) is 10.8 Å². The molecule has 0 radical (unpaired) electrons. The molecule has 1 unspecified atom stereocenters. The molecule has 0 aliphatic heterocycles. The molecule has 1 aliphatic carbocycles. The maximum atomic E-state index is 14.0. The van der Waals surface area contributed by atoms with E-state index < -0.39 is 0 Å². The van der Waals surface area contributed by atoms with Crippen LogP contribution in [-0.2, 0) is 0 Å². The summed E-state index contributed by atoms with van der Waals surface area (Å²) >= 11 is 3.32. The van der Waals surface area contributed by atoms with E-state index in [9.17, 15) is 9.18 Å². The molecule has 0 bridgehead atoms. The second-order valence-electron chi connectivity index (χ2n) is 5.23. The Morgan fingerprint density at radius 2 is 2.25 bits per heavy atom. The topological polar surface area (TPSA) is 34.9 Å². The molecule has 0 saturated heterocycles. The van der Waals surface area contributed by atoms with Gasteiger partial charge in [-0.15, -0.1) is 0 Å². The highest BCUT2D eigenvalue weighted by Gasteiger charge is 2.30. The lowest BCUT2D eigenvalue weighted by Crippen LogP contribution is -2.07. The van der Waals surface area contributed by atoms with Crippen molar-refractivity contribution in [3.05, 3.63) is 40.2 Å². The molecule has 1 aromatic heterocycles. The fraction of sp³-hybridized carbons (Fsp3) is 0.333. The van der Waals surface area contributed by atoms with E-state index in [1.807, 2.05) is 0 Å². The standard InChI is InChI=1S/C15H14BrFN2O/c1-9(10-2-3-10)19-7-11(8-20)15(18-19)13-6-12(16)4-5-14(13)17/h4-10H,2-3H2,1H3. The summed E-state index contributed by atoms with van der Waals surface area (Å²) in [6.45, 7) is 2.08. The lowest BCUT2D eigenvalue weighted by Gasteiger charge is -2.10. The minimum absolute atomic E-state index is 0.248. The van der Waals surface area contributed by atoms with Crippen molar-refractivity contribution in [1.29, 1.82) is 0 Å². The average Bonchev–Trinajstić information content (AvgIpc) is 3.20. The van der Waals surface area contributed by atoms with Gasteiger partial charge in [0.25, 0.3) is 0 Å². The molecular formula is C15H14BrFN2O. The van der Waals surface area contributed by atoms with Crippen molar-refractivity contribution in [2.75, 3.05) is 0 Å². The van der Waals surface area contributed by atoms with Crippen molar-refractivity contribution in [3.63, 3.8) is 0 Å². The quantitative estimate of drug-likeness (QED) is 0.783. The van der Waals surface area contributed by atoms with Gasteiger partial charge >= 0.3 is 0 Å². The first-order valence-electron chi connectivity index (χ1n) is 6.60. The summed E-state index contributed by atoms with van der Waals surface area (Å²) in [5, 5.41) is 4.44. The zero-order valence-corrected chi connectivity index (χ0v) is 12.6.